The SMILES string of the molecule is C=C1C=NC=C(CC)N1/C(Br)=C\CC. The summed E-state index contributed by atoms with van der Waals surface area (Å²) in [4.78, 5) is 6.21. The van der Waals surface area contributed by atoms with Crippen LogP contribution < -0.4 is 0 Å². The number of rotatable bonds is 3. The molecule has 1 rings (SSSR count). The van der Waals surface area contributed by atoms with Crippen LogP contribution in [0.1, 0.15) is 26.7 Å². The molecule has 0 amide bonds. The molecule has 0 bridgehead atoms. The van der Waals surface area contributed by atoms with E-state index in [1.165, 1.54) is 0 Å². The van der Waals surface area contributed by atoms with E-state index in [1.807, 2.05) is 6.20 Å². The molecule has 1 aliphatic rings. The molecule has 2 nitrogen and oxygen atoms in total. The first kappa shape index (κ1) is 11.2. The molecule has 0 aromatic carbocycles. The van der Waals surface area contributed by atoms with Crippen molar-refractivity contribution in [3.8, 4) is 0 Å². The van der Waals surface area contributed by atoms with Crippen molar-refractivity contribution < 1.29 is 0 Å². The van der Waals surface area contributed by atoms with Crippen molar-refractivity contribution in [2.75, 3.05) is 0 Å². The summed E-state index contributed by atoms with van der Waals surface area (Å²) >= 11 is 3.54. The molecular formula is C11H15BrN2. The predicted octanol–water partition coefficient (Wildman–Crippen LogP) is 3.78. The van der Waals surface area contributed by atoms with E-state index in [1.54, 1.807) is 6.21 Å². The van der Waals surface area contributed by atoms with Crippen LogP contribution >= 0.6 is 15.9 Å². The van der Waals surface area contributed by atoms with Crippen LogP contribution in [0.5, 0.6) is 0 Å². The van der Waals surface area contributed by atoms with E-state index in [2.05, 4.69) is 52.3 Å². The van der Waals surface area contributed by atoms with Crippen molar-refractivity contribution in [1.82, 2.24) is 4.90 Å². The number of hydrogen-bond acceptors (Lipinski definition) is 2. The standard InChI is InChI=1S/C11H15BrN2/c1-4-6-11(12)14-9(3)7-13-8-10(14)5-2/h6-8H,3-5H2,1-2H3/b11-6-. The lowest BCUT2D eigenvalue weighted by molar-refractivity contribution is 0.562. The fourth-order valence-corrected chi connectivity index (χ4v) is 2.07. The van der Waals surface area contributed by atoms with Gasteiger partial charge in [-0.05, 0) is 28.8 Å². The Morgan fingerprint density at radius 2 is 2.36 bits per heavy atom. The molecule has 0 N–H and O–H groups in total. The summed E-state index contributed by atoms with van der Waals surface area (Å²) in [6, 6.07) is 0. The third-order valence-corrected chi connectivity index (χ3v) is 2.65. The highest BCUT2D eigenvalue weighted by Gasteiger charge is 2.15. The average Bonchev–Trinajstić information content (AvgIpc) is 2.17. The molecule has 0 spiro atoms. The third kappa shape index (κ3) is 2.35. The molecule has 0 saturated heterocycles. The van der Waals surface area contributed by atoms with Crippen LogP contribution in [0.15, 0.2) is 39.8 Å². The molecule has 0 radical (unpaired) electrons. The zero-order valence-corrected chi connectivity index (χ0v) is 10.2. The monoisotopic (exact) mass is 254 g/mol. The molecular weight excluding hydrogens is 240 g/mol. The van der Waals surface area contributed by atoms with E-state index in [4.69, 9.17) is 0 Å². The van der Waals surface area contributed by atoms with Gasteiger partial charge in [0.1, 0.15) is 0 Å². The van der Waals surface area contributed by atoms with E-state index < -0.39 is 0 Å². The molecule has 1 aliphatic heterocycles. The summed E-state index contributed by atoms with van der Waals surface area (Å²) in [5, 5.41) is 0. The number of allylic oxidation sites excluding steroid dienone is 3. The summed E-state index contributed by atoms with van der Waals surface area (Å²) in [5.74, 6) is 0. The highest BCUT2D eigenvalue weighted by Crippen LogP contribution is 2.27. The van der Waals surface area contributed by atoms with Crippen molar-refractivity contribution >= 4 is 22.1 Å². The van der Waals surface area contributed by atoms with Crippen molar-refractivity contribution in [3.63, 3.8) is 0 Å². The largest absolute Gasteiger partial charge is 0.306 e. The van der Waals surface area contributed by atoms with Crippen LogP contribution in [-0.4, -0.2) is 11.1 Å². The molecule has 0 saturated carbocycles. The van der Waals surface area contributed by atoms with Crippen molar-refractivity contribution in [3.05, 3.63) is 34.9 Å². The minimum atomic E-state index is 0.904. The first-order valence-electron chi connectivity index (χ1n) is 4.77. The Morgan fingerprint density at radius 1 is 1.64 bits per heavy atom. The molecule has 0 aromatic rings. The van der Waals surface area contributed by atoms with Crippen LogP contribution in [0.25, 0.3) is 0 Å². The van der Waals surface area contributed by atoms with Crippen LogP contribution in [0, 0.1) is 0 Å². The summed E-state index contributed by atoms with van der Waals surface area (Å²) in [6.07, 6.45) is 7.71. The Kier molecular flexibility index (Phi) is 4.14. The van der Waals surface area contributed by atoms with Crippen molar-refractivity contribution in [2.45, 2.75) is 26.7 Å². The van der Waals surface area contributed by atoms with Gasteiger partial charge in [-0.25, -0.2) is 0 Å². The molecule has 0 unspecified atom stereocenters. The Bertz CT molecular complexity index is 313. The van der Waals surface area contributed by atoms with E-state index in [0.29, 0.717) is 0 Å². The quantitative estimate of drug-likeness (QED) is 0.700. The predicted molar refractivity (Wildman–Crippen MR) is 65.1 cm³/mol. The third-order valence-electron chi connectivity index (χ3n) is 1.97. The lowest BCUT2D eigenvalue weighted by Gasteiger charge is -2.28. The summed E-state index contributed by atoms with van der Waals surface area (Å²) in [7, 11) is 0. The van der Waals surface area contributed by atoms with E-state index in [9.17, 15) is 0 Å². The smallest absolute Gasteiger partial charge is 0.0854 e. The summed E-state index contributed by atoms with van der Waals surface area (Å²) in [5.41, 5.74) is 2.06. The maximum absolute atomic E-state index is 4.13. The zero-order chi connectivity index (χ0) is 10.6. The fraction of sp³-hybridized carbons (Fsp3) is 0.364. The number of halogens is 1. The maximum Gasteiger partial charge on any atom is 0.0854 e. The Morgan fingerprint density at radius 3 is 2.93 bits per heavy atom. The molecule has 14 heavy (non-hydrogen) atoms. The minimum Gasteiger partial charge on any atom is -0.306 e. The maximum atomic E-state index is 4.13. The number of nitrogens with zero attached hydrogens (tertiary/aromatic N) is 2. The van der Waals surface area contributed by atoms with Crippen LogP contribution in [0.3, 0.4) is 0 Å². The zero-order valence-electron chi connectivity index (χ0n) is 8.63. The van der Waals surface area contributed by atoms with Gasteiger partial charge in [-0.3, -0.25) is 4.99 Å². The topological polar surface area (TPSA) is 15.6 Å². The molecule has 76 valence electrons. The van der Waals surface area contributed by atoms with Gasteiger partial charge in [-0.1, -0.05) is 26.5 Å². The van der Waals surface area contributed by atoms with Gasteiger partial charge in [0.05, 0.1) is 16.5 Å². The first-order chi connectivity index (χ1) is 6.70. The number of hydrogen-bond donors (Lipinski definition) is 0. The second-order valence-corrected chi connectivity index (χ2v) is 3.83. The number of aliphatic imine (C=N–C) groups is 1. The highest BCUT2D eigenvalue weighted by atomic mass is 79.9. The van der Waals surface area contributed by atoms with Gasteiger partial charge >= 0.3 is 0 Å². The first-order valence-corrected chi connectivity index (χ1v) is 5.56. The van der Waals surface area contributed by atoms with E-state index in [0.717, 1.165) is 28.8 Å². The Hall–Kier alpha value is -0.830. The average molecular weight is 255 g/mol. The summed E-state index contributed by atoms with van der Waals surface area (Å²) < 4.78 is 1.05. The van der Waals surface area contributed by atoms with E-state index in [-0.39, 0.29) is 0 Å². The summed E-state index contributed by atoms with van der Waals surface area (Å²) in [6.45, 7) is 8.18. The van der Waals surface area contributed by atoms with Gasteiger partial charge in [-0.2, -0.15) is 0 Å². The van der Waals surface area contributed by atoms with Gasteiger partial charge in [0.15, 0.2) is 0 Å². The van der Waals surface area contributed by atoms with Crippen molar-refractivity contribution in [1.29, 1.82) is 0 Å². The van der Waals surface area contributed by atoms with Gasteiger partial charge in [0.25, 0.3) is 0 Å². The lowest BCUT2D eigenvalue weighted by Crippen LogP contribution is -2.21. The molecule has 0 aromatic heterocycles. The lowest BCUT2D eigenvalue weighted by atomic mass is 10.2. The van der Waals surface area contributed by atoms with Crippen LogP contribution in [-0.2, 0) is 0 Å². The molecule has 0 fully saturated rings. The second-order valence-electron chi connectivity index (χ2n) is 3.01. The Labute approximate surface area is 93.8 Å². The molecule has 0 aliphatic carbocycles. The van der Waals surface area contributed by atoms with Crippen LogP contribution in [0.4, 0.5) is 0 Å². The van der Waals surface area contributed by atoms with E-state index >= 15 is 0 Å². The fourth-order valence-electron chi connectivity index (χ4n) is 1.29. The molecule has 3 heteroatoms. The highest BCUT2D eigenvalue weighted by molar-refractivity contribution is 9.11. The Balaban J connectivity index is 2.95. The minimum absolute atomic E-state index is 0.904. The van der Waals surface area contributed by atoms with Gasteiger partial charge in [-0.15, -0.1) is 0 Å². The molecule has 0 atom stereocenters. The van der Waals surface area contributed by atoms with Crippen LogP contribution in [0.2, 0.25) is 0 Å². The second kappa shape index (κ2) is 5.15. The van der Waals surface area contributed by atoms with Gasteiger partial charge in [0, 0.05) is 11.9 Å². The normalized spacial score (nSPS) is 17.4. The van der Waals surface area contributed by atoms with Gasteiger partial charge < -0.3 is 4.90 Å². The molecule has 1 heterocycles. The van der Waals surface area contributed by atoms with Gasteiger partial charge in [0.2, 0.25) is 0 Å². The van der Waals surface area contributed by atoms with Crippen molar-refractivity contribution in [2.24, 2.45) is 4.99 Å².